The number of imidazole rings is 1. The zero-order valence-corrected chi connectivity index (χ0v) is 12.9. The van der Waals surface area contributed by atoms with Gasteiger partial charge in [0.1, 0.15) is 5.75 Å². The molecule has 1 aromatic carbocycles. The van der Waals surface area contributed by atoms with Crippen molar-refractivity contribution in [3.05, 3.63) is 47.5 Å². The Labute approximate surface area is 129 Å². The first-order valence-corrected chi connectivity index (χ1v) is 7.11. The van der Waals surface area contributed by atoms with Gasteiger partial charge in [0.05, 0.1) is 6.61 Å². The fraction of sp³-hybridized carbons (Fsp3) is 0.333. The number of nitrogens with one attached hydrogen (secondary N) is 2. The van der Waals surface area contributed by atoms with Crippen LogP contribution < -0.4 is 10.1 Å². The number of hydrogen-bond acceptors (Lipinski definition) is 3. The third-order valence-electron chi connectivity index (χ3n) is 2.96. The van der Waals surface area contributed by atoms with Gasteiger partial charge in [0.2, 0.25) is 0 Å². The highest BCUT2D eigenvalue weighted by Crippen LogP contribution is 2.17. The monoisotopic (exact) mass is 305 g/mol. The Kier molecular flexibility index (Phi) is 4.80. The van der Waals surface area contributed by atoms with Crippen LogP contribution in [0.3, 0.4) is 0 Å². The van der Waals surface area contributed by atoms with Crippen molar-refractivity contribution in [1.82, 2.24) is 14.9 Å². The van der Waals surface area contributed by atoms with Gasteiger partial charge in [-0.1, -0.05) is 32.0 Å². The van der Waals surface area contributed by atoms with Gasteiger partial charge in [-0.15, -0.1) is 0 Å². The first-order valence-electron chi connectivity index (χ1n) is 6.70. The molecule has 0 bridgehead atoms. The summed E-state index contributed by atoms with van der Waals surface area (Å²) in [4.78, 5) is 14.8. The normalized spacial score (nSPS) is 11.1. The second-order valence-electron chi connectivity index (χ2n) is 5.56. The summed E-state index contributed by atoms with van der Waals surface area (Å²) in [7, 11) is 0. The first-order chi connectivity index (χ1) is 9.98. The van der Waals surface area contributed by atoms with Crippen molar-refractivity contribution in [2.45, 2.75) is 13.8 Å². The van der Waals surface area contributed by atoms with Crippen LogP contribution in [0.2, 0.25) is 0 Å². The summed E-state index contributed by atoms with van der Waals surface area (Å²) >= 11 is 5.01. The number of rotatable bonds is 5. The number of benzene rings is 1. The van der Waals surface area contributed by atoms with E-state index >= 15 is 0 Å². The molecule has 6 heteroatoms. The van der Waals surface area contributed by atoms with Gasteiger partial charge in [-0.05, 0) is 24.4 Å². The maximum atomic E-state index is 12.0. The summed E-state index contributed by atoms with van der Waals surface area (Å²) in [6.45, 7) is 5.07. The molecule has 0 aliphatic rings. The van der Waals surface area contributed by atoms with Crippen LogP contribution in [0, 0.1) is 10.2 Å². The average molecular weight is 305 g/mol. The molecule has 2 rings (SSSR count). The Morgan fingerprint density at radius 2 is 2.10 bits per heavy atom. The SMILES string of the molecule is CC(C)(CNC(=O)n1cc[nH]c1=S)COc1ccccc1. The molecule has 0 spiro atoms. The summed E-state index contributed by atoms with van der Waals surface area (Å²) in [6.07, 6.45) is 3.23. The molecule has 2 N–H and O–H groups in total. The van der Waals surface area contributed by atoms with Gasteiger partial charge in [-0.3, -0.25) is 0 Å². The van der Waals surface area contributed by atoms with Crippen LogP contribution in [-0.4, -0.2) is 28.7 Å². The molecule has 0 saturated carbocycles. The van der Waals surface area contributed by atoms with E-state index in [0.29, 0.717) is 17.9 Å². The Bertz CT molecular complexity index is 646. The van der Waals surface area contributed by atoms with E-state index in [-0.39, 0.29) is 11.4 Å². The molecule has 0 saturated heterocycles. The van der Waals surface area contributed by atoms with E-state index in [1.807, 2.05) is 44.2 Å². The second-order valence-corrected chi connectivity index (χ2v) is 5.95. The Hall–Kier alpha value is -2.08. The lowest BCUT2D eigenvalue weighted by molar-refractivity contribution is 0.175. The molecule has 0 aliphatic carbocycles. The van der Waals surface area contributed by atoms with Crippen molar-refractivity contribution in [2.75, 3.05) is 13.2 Å². The lowest BCUT2D eigenvalue weighted by Gasteiger charge is -2.25. The van der Waals surface area contributed by atoms with Crippen molar-refractivity contribution in [2.24, 2.45) is 5.41 Å². The number of aromatic nitrogens is 2. The van der Waals surface area contributed by atoms with Gasteiger partial charge < -0.3 is 15.0 Å². The minimum atomic E-state index is -0.242. The average Bonchev–Trinajstić information content (AvgIpc) is 2.90. The molecule has 21 heavy (non-hydrogen) atoms. The van der Waals surface area contributed by atoms with Gasteiger partial charge in [0, 0.05) is 24.4 Å². The number of ether oxygens (including phenoxy) is 1. The Morgan fingerprint density at radius 3 is 2.71 bits per heavy atom. The highest BCUT2D eigenvalue weighted by atomic mass is 32.1. The van der Waals surface area contributed by atoms with E-state index in [9.17, 15) is 4.79 Å². The van der Waals surface area contributed by atoms with E-state index in [1.54, 1.807) is 12.4 Å². The summed E-state index contributed by atoms with van der Waals surface area (Å²) in [5.74, 6) is 0.824. The summed E-state index contributed by atoms with van der Waals surface area (Å²) in [6, 6.07) is 9.38. The number of para-hydroxylation sites is 1. The van der Waals surface area contributed by atoms with Gasteiger partial charge in [0.15, 0.2) is 4.77 Å². The third-order valence-corrected chi connectivity index (χ3v) is 3.27. The van der Waals surface area contributed by atoms with Crippen LogP contribution in [0.4, 0.5) is 4.79 Å². The lowest BCUT2D eigenvalue weighted by Crippen LogP contribution is -2.39. The molecule has 0 unspecified atom stereocenters. The predicted molar refractivity (Wildman–Crippen MR) is 84.1 cm³/mol. The molecular formula is C15H19N3O2S. The molecular weight excluding hydrogens is 286 g/mol. The fourth-order valence-electron chi connectivity index (χ4n) is 1.73. The number of aromatic amines is 1. The maximum Gasteiger partial charge on any atom is 0.327 e. The van der Waals surface area contributed by atoms with E-state index < -0.39 is 0 Å². The van der Waals surface area contributed by atoms with Crippen molar-refractivity contribution in [3.63, 3.8) is 0 Å². The standard InChI is InChI=1S/C15H19N3O2S/c1-15(2,11-20-12-6-4-3-5-7-12)10-17-13(19)18-9-8-16-14(18)21/h3-9H,10-11H2,1-2H3,(H,16,21)(H,17,19). The molecule has 0 radical (unpaired) electrons. The number of hydrogen-bond donors (Lipinski definition) is 2. The molecule has 0 fully saturated rings. The molecule has 1 heterocycles. The summed E-state index contributed by atoms with van der Waals surface area (Å²) < 4.78 is 7.48. The topological polar surface area (TPSA) is 59.0 Å². The van der Waals surface area contributed by atoms with Gasteiger partial charge in [-0.25, -0.2) is 9.36 Å². The van der Waals surface area contributed by atoms with Crippen molar-refractivity contribution >= 4 is 18.2 Å². The number of carbonyl (C=O) groups excluding carboxylic acids is 1. The van der Waals surface area contributed by atoms with Gasteiger partial charge in [0.25, 0.3) is 0 Å². The number of amides is 1. The second kappa shape index (κ2) is 6.58. The number of carbonyl (C=O) groups is 1. The molecule has 2 aromatic rings. The number of nitrogens with zero attached hydrogens (tertiary/aromatic N) is 1. The predicted octanol–water partition coefficient (Wildman–Crippen LogP) is 3.21. The highest BCUT2D eigenvalue weighted by Gasteiger charge is 2.20. The Morgan fingerprint density at radius 1 is 1.38 bits per heavy atom. The minimum Gasteiger partial charge on any atom is -0.493 e. The van der Waals surface area contributed by atoms with Crippen LogP contribution in [0.5, 0.6) is 5.75 Å². The zero-order valence-electron chi connectivity index (χ0n) is 12.1. The van der Waals surface area contributed by atoms with Crippen LogP contribution >= 0.6 is 12.2 Å². The summed E-state index contributed by atoms with van der Waals surface area (Å²) in [5, 5.41) is 2.86. The smallest absolute Gasteiger partial charge is 0.327 e. The summed E-state index contributed by atoms with van der Waals surface area (Å²) in [5.41, 5.74) is -0.190. The molecule has 0 aliphatic heterocycles. The minimum absolute atomic E-state index is 0.190. The zero-order chi connectivity index (χ0) is 15.3. The van der Waals surface area contributed by atoms with Crippen LogP contribution in [0.1, 0.15) is 13.8 Å². The molecule has 5 nitrogen and oxygen atoms in total. The van der Waals surface area contributed by atoms with Gasteiger partial charge >= 0.3 is 6.03 Å². The first kappa shape index (κ1) is 15.3. The van der Waals surface area contributed by atoms with E-state index in [2.05, 4.69) is 10.3 Å². The largest absolute Gasteiger partial charge is 0.493 e. The lowest BCUT2D eigenvalue weighted by atomic mass is 9.95. The Balaban J connectivity index is 1.85. The molecule has 1 aromatic heterocycles. The van der Waals surface area contributed by atoms with Gasteiger partial charge in [-0.2, -0.15) is 0 Å². The van der Waals surface area contributed by atoms with E-state index in [4.69, 9.17) is 17.0 Å². The highest BCUT2D eigenvalue weighted by molar-refractivity contribution is 7.71. The van der Waals surface area contributed by atoms with Crippen molar-refractivity contribution in [1.29, 1.82) is 0 Å². The van der Waals surface area contributed by atoms with Crippen LogP contribution in [-0.2, 0) is 0 Å². The van der Waals surface area contributed by atoms with Crippen LogP contribution in [0.15, 0.2) is 42.7 Å². The maximum absolute atomic E-state index is 12.0. The molecule has 112 valence electrons. The third kappa shape index (κ3) is 4.46. The van der Waals surface area contributed by atoms with Crippen LogP contribution in [0.25, 0.3) is 0 Å². The van der Waals surface area contributed by atoms with Crippen molar-refractivity contribution in [3.8, 4) is 5.75 Å². The molecule has 0 atom stereocenters. The number of H-pyrrole nitrogens is 1. The van der Waals surface area contributed by atoms with E-state index in [1.165, 1.54) is 4.57 Å². The quantitative estimate of drug-likeness (QED) is 0.834. The van der Waals surface area contributed by atoms with E-state index in [0.717, 1.165) is 5.75 Å². The molecule has 1 amide bonds. The fourth-order valence-corrected chi connectivity index (χ4v) is 1.94. The van der Waals surface area contributed by atoms with Crippen molar-refractivity contribution < 1.29 is 9.53 Å².